The molecule has 1 aliphatic rings. The molecule has 15 heavy (non-hydrogen) atoms. The molecule has 1 aliphatic heterocycles. The molecule has 1 fully saturated rings. The summed E-state index contributed by atoms with van der Waals surface area (Å²) in [5.74, 6) is 0. The Morgan fingerprint density at radius 2 is 2.07 bits per heavy atom. The predicted octanol–water partition coefficient (Wildman–Crippen LogP) is 1.82. The Labute approximate surface area is 96.5 Å². The minimum absolute atomic E-state index is 0.0546. The van der Waals surface area contributed by atoms with E-state index < -0.39 is 0 Å². The zero-order chi connectivity index (χ0) is 11.3. The van der Waals surface area contributed by atoms with Gasteiger partial charge in [0.05, 0.1) is 4.75 Å². The van der Waals surface area contributed by atoms with Gasteiger partial charge in [0.25, 0.3) is 0 Å². The van der Waals surface area contributed by atoms with Gasteiger partial charge in [-0.2, -0.15) is 0 Å². The molecule has 0 N–H and O–H groups in total. The molecule has 0 aromatic heterocycles. The summed E-state index contributed by atoms with van der Waals surface area (Å²) in [5, 5.41) is 0. The Bertz CT molecular complexity index is 205. The fourth-order valence-electron chi connectivity index (χ4n) is 1.99. The maximum atomic E-state index is 10.5. The lowest BCUT2D eigenvalue weighted by Gasteiger charge is -2.39. The van der Waals surface area contributed by atoms with Gasteiger partial charge in [0.2, 0.25) is 0 Å². The van der Waals surface area contributed by atoms with Crippen LogP contribution >= 0.6 is 11.9 Å². The highest BCUT2D eigenvalue weighted by Gasteiger charge is 2.36. The van der Waals surface area contributed by atoms with Gasteiger partial charge >= 0.3 is 0 Å². The second-order valence-electron chi connectivity index (χ2n) is 4.48. The Hall–Kier alpha value is -0.130. The first kappa shape index (κ1) is 12.9. The van der Waals surface area contributed by atoms with Gasteiger partial charge in [-0.05, 0) is 46.6 Å². The minimum atomic E-state index is 0.0546. The van der Waals surface area contributed by atoms with E-state index in [1.807, 2.05) is 0 Å². The average molecular weight is 231 g/mol. The second-order valence-corrected chi connectivity index (χ2v) is 5.68. The molecular formula is C10H21N3OS. The standard InChI is InChI=1S/C10H21N3OS/c1-4-12(2)9-10(15-11-14)5-7-13(3)8-6-10/h4-9H2,1-3H3. The lowest BCUT2D eigenvalue weighted by atomic mass is 9.95. The summed E-state index contributed by atoms with van der Waals surface area (Å²) in [7, 11) is 4.23. The fraction of sp³-hybridized carbons (Fsp3) is 1.00. The Balaban J connectivity index is 2.57. The molecule has 0 aromatic carbocycles. The number of nitroso groups, excluding NO2 is 1. The molecule has 88 valence electrons. The molecule has 0 bridgehead atoms. The van der Waals surface area contributed by atoms with Crippen LogP contribution in [0.3, 0.4) is 0 Å². The van der Waals surface area contributed by atoms with Crippen molar-refractivity contribution in [1.82, 2.24) is 9.80 Å². The highest BCUT2D eigenvalue weighted by molar-refractivity contribution is 7.99. The van der Waals surface area contributed by atoms with Crippen molar-refractivity contribution >= 4 is 11.9 Å². The van der Waals surface area contributed by atoms with E-state index in [2.05, 4.69) is 35.4 Å². The molecular weight excluding hydrogens is 210 g/mol. The first-order valence-corrected chi connectivity index (χ1v) is 6.27. The Morgan fingerprint density at radius 3 is 2.53 bits per heavy atom. The molecule has 0 radical (unpaired) electrons. The minimum Gasteiger partial charge on any atom is -0.306 e. The predicted molar refractivity (Wildman–Crippen MR) is 66.0 cm³/mol. The van der Waals surface area contributed by atoms with Crippen LogP contribution in [0.4, 0.5) is 0 Å². The Morgan fingerprint density at radius 1 is 1.47 bits per heavy atom. The van der Waals surface area contributed by atoms with Crippen LogP contribution in [0.5, 0.6) is 0 Å². The summed E-state index contributed by atoms with van der Waals surface area (Å²) < 4.78 is 3.12. The highest BCUT2D eigenvalue weighted by atomic mass is 32.2. The summed E-state index contributed by atoms with van der Waals surface area (Å²) in [6, 6.07) is 0. The van der Waals surface area contributed by atoms with Gasteiger partial charge in [0.15, 0.2) is 0 Å². The van der Waals surface area contributed by atoms with Crippen molar-refractivity contribution in [3.05, 3.63) is 4.91 Å². The van der Waals surface area contributed by atoms with Gasteiger partial charge in [0.1, 0.15) is 0 Å². The van der Waals surface area contributed by atoms with E-state index in [-0.39, 0.29) is 4.75 Å². The first-order valence-electron chi connectivity index (χ1n) is 5.50. The zero-order valence-electron chi connectivity index (χ0n) is 9.90. The van der Waals surface area contributed by atoms with Crippen LogP contribution in [-0.4, -0.2) is 54.8 Å². The van der Waals surface area contributed by atoms with Crippen LogP contribution in [-0.2, 0) is 0 Å². The van der Waals surface area contributed by atoms with E-state index >= 15 is 0 Å². The summed E-state index contributed by atoms with van der Waals surface area (Å²) in [6.07, 6.45) is 2.12. The molecule has 0 amide bonds. The van der Waals surface area contributed by atoms with Crippen molar-refractivity contribution in [2.45, 2.75) is 24.5 Å². The molecule has 0 unspecified atom stereocenters. The van der Waals surface area contributed by atoms with E-state index in [0.29, 0.717) is 0 Å². The van der Waals surface area contributed by atoms with E-state index in [4.69, 9.17) is 0 Å². The summed E-state index contributed by atoms with van der Waals surface area (Å²) in [5.41, 5.74) is 0. The lowest BCUT2D eigenvalue weighted by molar-refractivity contribution is 0.200. The number of likely N-dealkylation sites (tertiary alicyclic amines) is 1. The number of hydrogen-bond acceptors (Lipinski definition) is 5. The van der Waals surface area contributed by atoms with Crippen LogP contribution in [0, 0.1) is 4.91 Å². The van der Waals surface area contributed by atoms with Crippen molar-refractivity contribution in [3.8, 4) is 0 Å². The van der Waals surface area contributed by atoms with Crippen molar-refractivity contribution in [1.29, 1.82) is 0 Å². The van der Waals surface area contributed by atoms with Crippen molar-refractivity contribution in [2.24, 2.45) is 4.58 Å². The van der Waals surface area contributed by atoms with Crippen LogP contribution < -0.4 is 0 Å². The molecule has 0 aromatic rings. The van der Waals surface area contributed by atoms with E-state index in [9.17, 15) is 4.91 Å². The normalized spacial score (nSPS) is 21.9. The molecule has 0 spiro atoms. The third kappa shape index (κ3) is 3.74. The number of nitrogens with zero attached hydrogens (tertiary/aromatic N) is 3. The topological polar surface area (TPSA) is 35.9 Å². The number of piperidine rings is 1. The molecule has 5 heteroatoms. The van der Waals surface area contributed by atoms with Gasteiger partial charge in [-0.15, -0.1) is 4.91 Å². The molecule has 0 atom stereocenters. The number of hydrogen-bond donors (Lipinski definition) is 0. The summed E-state index contributed by atoms with van der Waals surface area (Å²) in [6.45, 7) is 6.27. The van der Waals surface area contributed by atoms with E-state index in [0.717, 1.165) is 39.0 Å². The molecule has 4 nitrogen and oxygen atoms in total. The van der Waals surface area contributed by atoms with Gasteiger partial charge in [-0.25, -0.2) is 0 Å². The monoisotopic (exact) mass is 231 g/mol. The lowest BCUT2D eigenvalue weighted by Crippen LogP contribution is -2.46. The van der Waals surface area contributed by atoms with E-state index in [1.54, 1.807) is 0 Å². The summed E-state index contributed by atoms with van der Waals surface area (Å²) in [4.78, 5) is 15.1. The maximum Gasteiger partial charge on any atom is 0.0563 e. The molecule has 0 saturated carbocycles. The van der Waals surface area contributed by atoms with Crippen LogP contribution in [0.2, 0.25) is 0 Å². The quantitative estimate of drug-likeness (QED) is 0.534. The zero-order valence-corrected chi connectivity index (χ0v) is 10.7. The van der Waals surface area contributed by atoms with Crippen molar-refractivity contribution in [3.63, 3.8) is 0 Å². The smallest absolute Gasteiger partial charge is 0.0563 e. The fourth-order valence-corrected chi connectivity index (χ4v) is 2.79. The van der Waals surface area contributed by atoms with Gasteiger partial charge < -0.3 is 9.80 Å². The second kappa shape index (κ2) is 5.82. The van der Waals surface area contributed by atoms with Crippen LogP contribution in [0.15, 0.2) is 4.58 Å². The third-order valence-corrected chi connectivity index (χ3v) is 4.23. The van der Waals surface area contributed by atoms with Gasteiger partial charge in [-0.1, -0.05) is 6.92 Å². The van der Waals surface area contributed by atoms with Crippen LogP contribution in [0.1, 0.15) is 19.8 Å². The van der Waals surface area contributed by atoms with Crippen molar-refractivity contribution < 1.29 is 0 Å². The largest absolute Gasteiger partial charge is 0.306 e. The number of rotatable bonds is 5. The first-order chi connectivity index (χ1) is 7.12. The van der Waals surface area contributed by atoms with Crippen LogP contribution in [0.25, 0.3) is 0 Å². The summed E-state index contributed by atoms with van der Waals surface area (Å²) >= 11 is 1.25. The highest BCUT2D eigenvalue weighted by Crippen LogP contribution is 2.37. The molecule has 1 rings (SSSR count). The van der Waals surface area contributed by atoms with Gasteiger partial charge in [0, 0.05) is 23.1 Å². The SMILES string of the molecule is CCN(C)CC1(SN=O)CCN(C)CC1. The van der Waals surface area contributed by atoms with Gasteiger partial charge in [-0.3, -0.25) is 0 Å². The Kier molecular flexibility index (Phi) is 5.02. The average Bonchev–Trinajstić information content (AvgIpc) is 2.23. The maximum absolute atomic E-state index is 10.5. The molecule has 1 saturated heterocycles. The third-order valence-electron chi connectivity index (χ3n) is 3.23. The van der Waals surface area contributed by atoms with E-state index in [1.165, 1.54) is 11.9 Å². The molecule has 1 heterocycles. The molecule has 0 aliphatic carbocycles. The van der Waals surface area contributed by atoms with Crippen molar-refractivity contribution in [2.75, 3.05) is 40.3 Å².